The summed E-state index contributed by atoms with van der Waals surface area (Å²) in [5.74, 6) is 0.596. The van der Waals surface area contributed by atoms with Gasteiger partial charge in [-0.2, -0.15) is 0 Å². The Bertz CT molecular complexity index is 1380. The van der Waals surface area contributed by atoms with Crippen LogP contribution in [-0.4, -0.2) is 54.2 Å². The number of carbonyl (C=O) groups is 2. The van der Waals surface area contributed by atoms with Crippen molar-refractivity contribution in [3.8, 4) is 16.9 Å². The largest absolute Gasteiger partial charge is 0.494 e. The molecule has 4 aromatic rings. The van der Waals surface area contributed by atoms with Gasteiger partial charge >= 0.3 is 6.09 Å². The summed E-state index contributed by atoms with van der Waals surface area (Å²) in [6.45, 7) is 1.97. The van der Waals surface area contributed by atoms with Crippen LogP contribution in [0, 0.1) is 0 Å². The number of hydrogen-bond acceptors (Lipinski definition) is 5. The molecule has 1 saturated heterocycles. The zero-order valence-corrected chi connectivity index (χ0v) is 22.3. The number of benzene rings is 4. The molecule has 1 heterocycles. The predicted octanol–water partition coefficient (Wildman–Crippen LogP) is 5.79. The van der Waals surface area contributed by atoms with E-state index in [-0.39, 0.29) is 24.6 Å². The summed E-state index contributed by atoms with van der Waals surface area (Å²) < 4.78 is 11.5. The van der Waals surface area contributed by atoms with Gasteiger partial charge in [-0.15, -0.1) is 0 Å². The molecule has 1 N–H and O–H groups in total. The van der Waals surface area contributed by atoms with Crippen molar-refractivity contribution in [2.24, 2.45) is 0 Å². The maximum Gasteiger partial charge on any atom is 0.410 e. The van der Waals surface area contributed by atoms with E-state index in [4.69, 9.17) is 9.47 Å². The number of rotatable bonds is 9. The first-order valence-corrected chi connectivity index (χ1v) is 13.5. The molecule has 0 radical (unpaired) electrons. The van der Waals surface area contributed by atoms with Gasteiger partial charge in [-0.25, -0.2) is 9.80 Å². The number of piperazine rings is 1. The van der Waals surface area contributed by atoms with Gasteiger partial charge in [0.15, 0.2) is 0 Å². The van der Waals surface area contributed by atoms with Crippen LogP contribution in [0.4, 0.5) is 4.79 Å². The molecule has 5 rings (SSSR count). The summed E-state index contributed by atoms with van der Waals surface area (Å²) in [6.07, 6.45) is 0.246. The summed E-state index contributed by atoms with van der Waals surface area (Å²) in [5, 5.41) is 1.93. The lowest BCUT2D eigenvalue weighted by Crippen LogP contribution is -2.60. The first-order chi connectivity index (χ1) is 19.7. The van der Waals surface area contributed by atoms with Gasteiger partial charge in [0.05, 0.1) is 12.6 Å². The van der Waals surface area contributed by atoms with Crippen LogP contribution >= 0.6 is 0 Å². The maximum absolute atomic E-state index is 13.5. The van der Waals surface area contributed by atoms with Crippen LogP contribution in [0.25, 0.3) is 11.1 Å². The number of nitrogens with one attached hydrogen (secondary N) is 1. The third kappa shape index (κ3) is 7.07. The van der Waals surface area contributed by atoms with E-state index in [1.54, 1.807) is 4.90 Å². The topological polar surface area (TPSA) is 71.1 Å². The normalized spacial score (nSPS) is 15.3. The monoisotopic (exact) mass is 535 g/mol. The minimum absolute atomic E-state index is 0.158. The fourth-order valence-electron chi connectivity index (χ4n) is 4.80. The maximum atomic E-state index is 13.5. The number of carbonyl (C=O) groups excluding carboxylic acids is 2. The first kappa shape index (κ1) is 27.0. The first-order valence-electron chi connectivity index (χ1n) is 13.5. The average molecular weight is 536 g/mol. The van der Waals surface area contributed by atoms with E-state index in [0.717, 1.165) is 22.4 Å². The van der Waals surface area contributed by atoms with E-state index >= 15 is 0 Å². The molecule has 7 heteroatoms. The molecular weight excluding hydrogens is 502 g/mol. The van der Waals surface area contributed by atoms with Crippen LogP contribution in [0.1, 0.15) is 22.3 Å². The molecule has 0 spiro atoms. The van der Waals surface area contributed by atoms with Gasteiger partial charge in [-0.1, -0.05) is 97.1 Å². The molecule has 0 saturated carbocycles. The number of nitrogens with zero attached hydrogens (tertiary/aromatic N) is 2. The van der Waals surface area contributed by atoms with Crippen molar-refractivity contribution >= 4 is 12.0 Å². The average Bonchev–Trinajstić information content (AvgIpc) is 3.02. The highest BCUT2D eigenvalue weighted by molar-refractivity contribution is 6.00. The third-order valence-electron chi connectivity index (χ3n) is 6.91. The number of ether oxygens (including phenoxy) is 2. The van der Waals surface area contributed by atoms with Crippen LogP contribution in [-0.2, 0) is 11.3 Å². The SMILES string of the molecule is O=C(NN1CCN(C(=O)OCc2ccccc2)CC1CCOc1ccccc1)c1ccccc1-c1ccccc1. The van der Waals surface area contributed by atoms with E-state index in [1.807, 2.05) is 120 Å². The van der Waals surface area contributed by atoms with Crippen LogP contribution in [0.3, 0.4) is 0 Å². The highest BCUT2D eigenvalue weighted by atomic mass is 16.6. The Balaban J connectivity index is 1.27. The van der Waals surface area contributed by atoms with Gasteiger partial charge in [0, 0.05) is 31.6 Å². The van der Waals surface area contributed by atoms with Gasteiger partial charge in [-0.3, -0.25) is 10.2 Å². The van der Waals surface area contributed by atoms with Crippen molar-refractivity contribution in [1.82, 2.24) is 15.3 Å². The summed E-state index contributed by atoms with van der Waals surface area (Å²) in [5.41, 5.74) is 6.50. The summed E-state index contributed by atoms with van der Waals surface area (Å²) >= 11 is 0. The fourth-order valence-corrected chi connectivity index (χ4v) is 4.80. The van der Waals surface area contributed by atoms with Crippen molar-refractivity contribution < 1.29 is 19.1 Å². The van der Waals surface area contributed by atoms with E-state index in [2.05, 4.69) is 5.43 Å². The van der Waals surface area contributed by atoms with Crippen molar-refractivity contribution in [1.29, 1.82) is 0 Å². The van der Waals surface area contributed by atoms with Crippen molar-refractivity contribution in [2.45, 2.75) is 19.1 Å². The molecule has 1 unspecified atom stereocenters. The molecule has 2 amide bonds. The second kappa shape index (κ2) is 13.4. The molecule has 7 nitrogen and oxygen atoms in total. The Kier molecular flexibility index (Phi) is 9.06. The van der Waals surface area contributed by atoms with E-state index in [9.17, 15) is 9.59 Å². The Morgan fingerprint density at radius 2 is 1.43 bits per heavy atom. The van der Waals surface area contributed by atoms with Gasteiger partial charge < -0.3 is 14.4 Å². The molecule has 0 aliphatic carbocycles. The lowest BCUT2D eigenvalue weighted by atomic mass is 9.99. The summed E-state index contributed by atoms with van der Waals surface area (Å²) in [4.78, 5) is 28.2. The molecule has 0 aromatic heterocycles. The van der Waals surface area contributed by atoms with Crippen molar-refractivity contribution in [2.75, 3.05) is 26.2 Å². The second-order valence-corrected chi connectivity index (χ2v) is 9.64. The number of hydrazine groups is 1. The van der Waals surface area contributed by atoms with Crippen LogP contribution in [0.2, 0.25) is 0 Å². The van der Waals surface area contributed by atoms with Gasteiger partial charge in [-0.05, 0) is 34.9 Å². The highest BCUT2D eigenvalue weighted by Crippen LogP contribution is 2.24. The van der Waals surface area contributed by atoms with E-state index in [0.29, 0.717) is 38.2 Å². The van der Waals surface area contributed by atoms with Crippen LogP contribution < -0.4 is 10.2 Å². The molecule has 4 aromatic carbocycles. The van der Waals surface area contributed by atoms with E-state index < -0.39 is 0 Å². The number of amides is 2. The van der Waals surface area contributed by atoms with Crippen LogP contribution in [0.15, 0.2) is 115 Å². The van der Waals surface area contributed by atoms with Gasteiger partial charge in [0.25, 0.3) is 5.91 Å². The Labute approximate surface area is 234 Å². The van der Waals surface area contributed by atoms with Gasteiger partial charge in [0.2, 0.25) is 0 Å². The number of para-hydroxylation sites is 1. The molecule has 40 heavy (non-hydrogen) atoms. The predicted molar refractivity (Wildman–Crippen MR) is 155 cm³/mol. The molecule has 0 bridgehead atoms. The van der Waals surface area contributed by atoms with Crippen molar-refractivity contribution in [3.05, 3.63) is 126 Å². The second-order valence-electron chi connectivity index (χ2n) is 9.64. The summed E-state index contributed by atoms with van der Waals surface area (Å²) in [7, 11) is 0. The standard InChI is InChI=1S/C33H33N3O4/c37-32(31-19-11-10-18-30(31)27-14-6-2-7-15-27)34-36-22-21-35(33(38)40-25-26-12-4-1-5-13-26)24-28(36)20-23-39-29-16-8-3-9-17-29/h1-19,28H,20-25H2,(H,34,37). The highest BCUT2D eigenvalue weighted by Gasteiger charge is 2.32. The molecule has 1 aliphatic heterocycles. The Morgan fingerprint density at radius 1 is 0.775 bits per heavy atom. The Hall–Kier alpha value is -4.62. The fraction of sp³-hybridized carbons (Fsp3) is 0.212. The quantitative estimate of drug-likeness (QED) is 0.294. The minimum atomic E-state index is -0.363. The Morgan fingerprint density at radius 3 is 2.17 bits per heavy atom. The van der Waals surface area contributed by atoms with Crippen molar-refractivity contribution in [3.63, 3.8) is 0 Å². The lowest BCUT2D eigenvalue weighted by Gasteiger charge is -2.40. The molecule has 1 fully saturated rings. The lowest BCUT2D eigenvalue weighted by molar-refractivity contribution is 0.0154. The third-order valence-corrected chi connectivity index (χ3v) is 6.91. The molecule has 1 atom stereocenters. The molecule has 204 valence electrons. The smallest absolute Gasteiger partial charge is 0.410 e. The minimum Gasteiger partial charge on any atom is -0.494 e. The van der Waals surface area contributed by atoms with Crippen LogP contribution in [0.5, 0.6) is 5.75 Å². The van der Waals surface area contributed by atoms with E-state index in [1.165, 1.54) is 0 Å². The number of hydrogen-bond donors (Lipinski definition) is 1. The summed E-state index contributed by atoms with van der Waals surface area (Å²) in [6, 6.07) is 36.6. The molecule has 1 aliphatic rings. The van der Waals surface area contributed by atoms with Gasteiger partial charge in [0.1, 0.15) is 12.4 Å². The molecular formula is C33H33N3O4. The zero-order chi connectivity index (χ0) is 27.6. The zero-order valence-electron chi connectivity index (χ0n) is 22.3.